The number of hydrogen-bond donors (Lipinski definition) is 1. The van der Waals surface area contributed by atoms with Crippen molar-refractivity contribution in [2.45, 2.75) is 13.5 Å². The minimum Gasteiger partial charge on any atom is -0.365 e. The summed E-state index contributed by atoms with van der Waals surface area (Å²) in [6, 6.07) is 10.5. The maximum absolute atomic E-state index is 4.32. The summed E-state index contributed by atoms with van der Waals surface area (Å²) >= 11 is 0. The highest BCUT2D eigenvalue weighted by molar-refractivity contribution is 5.87. The molecule has 2 heterocycles. The van der Waals surface area contributed by atoms with Crippen LogP contribution < -0.4 is 5.32 Å². The van der Waals surface area contributed by atoms with Crippen LogP contribution in [0.25, 0.3) is 11.0 Å². The molecule has 3 rings (SSSR count). The van der Waals surface area contributed by atoms with Gasteiger partial charge in [-0.25, -0.2) is 9.97 Å². The van der Waals surface area contributed by atoms with Crippen LogP contribution in [-0.2, 0) is 13.6 Å². The quantitative estimate of drug-likeness (QED) is 0.779. The number of nitrogens with one attached hydrogen (secondary N) is 1. The van der Waals surface area contributed by atoms with E-state index in [0.29, 0.717) is 0 Å². The van der Waals surface area contributed by atoms with Gasteiger partial charge in [-0.1, -0.05) is 29.8 Å². The number of rotatable bonds is 3. The topological polar surface area (TPSA) is 42.7 Å². The smallest absolute Gasteiger partial charge is 0.145 e. The van der Waals surface area contributed by atoms with Crippen LogP contribution in [0.1, 0.15) is 11.1 Å². The molecule has 0 aliphatic carbocycles. The Balaban J connectivity index is 1.83. The van der Waals surface area contributed by atoms with Crippen molar-refractivity contribution in [1.29, 1.82) is 0 Å². The fourth-order valence-corrected chi connectivity index (χ4v) is 2.11. The summed E-state index contributed by atoms with van der Waals surface area (Å²) in [4.78, 5) is 8.60. The van der Waals surface area contributed by atoms with E-state index in [4.69, 9.17) is 0 Å². The van der Waals surface area contributed by atoms with Gasteiger partial charge in [0.2, 0.25) is 0 Å². The molecule has 1 N–H and O–H groups in total. The van der Waals surface area contributed by atoms with E-state index in [1.54, 1.807) is 6.33 Å². The van der Waals surface area contributed by atoms with E-state index < -0.39 is 0 Å². The standard InChI is InChI=1S/C15H16N4/c1-11-3-5-12(6-4-11)9-16-14-13-7-8-19(2)15(13)18-10-17-14/h3-8,10H,9H2,1-2H3,(H,16,17,18). The maximum Gasteiger partial charge on any atom is 0.145 e. The summed E-state index contributed by atoms with van der Waals surface area (Å²) in [7, 11) is 1.99. The largest absolute Gasteiger partial charge is 0.365 e. The molecule has 4 nitrogen and oxygen atoms in total. The van der Waals surface area contributed by atoms with Crippen molar-refractivity contribution in [2.75, 3.05) is 5.32 Å². The van der Waals surface area contributed by atoms with Gasteiger partial charge in [-0.05, 0) is 18.6 Å². The van der Waals surface area contributed by atoms with E-state index in [9.17, 15) is 0 Å². The van der Waals surface area contributed by atoms with Crippen molar-refractivity contribution in [1.82, 2.24) is 14.5 Å². The summed E-state index contributed by atoms with van der Waals surface area (Å²) < 4.78 is 1.99. The van der Waals surface area contributed by atoms with Gasteiger partial charge in [-0.15, -0.1) is 0 Å². The van der Waals surface area contributed by atoms with Crippen molar-refractivity contribution in [2.24, 2.45) is 7.05 Å². The Morgan fingerprint density at radius 1 is 1.11 bits per heavy atom. The van der Waals surface area contributed by atoms with Crippen LogP contribution in [0.4, 0.5) is 5.82 Å². The molecule has 0 aliphatic rings. The second-order valence-corrected chi connectivity index (χ2v) is 4.73. The predicted molar refractivity (Wildman–Crippen MR) is 77.0 cm³/mol. The minimum absolute atomic E-state index is 0.765. The lowest BCUT2D eigenvalue weighted by molar-refractivity contribution is 0.943. The molecule has 0 spiro atoms. The van der Waals surface area contributed by atoms with Gasteiger partial charge in [0.1, 0.15) is 17.8 Å². The molecule has 0 saturated heterocycles. The van der Waals surface area contributed by atoms with Gasteiger partial charge in [-0.3, -0.25) is 0 Å². The molecule has 2 aromatic heterocycles. The number of hydrogen-bond acceptors (Lipinski definition) is 3. The van der Waals surface area contributed by atoms with Gasteiger partial charge in [0, 0.05) is 19.8 Å². The maximum atomic E-state index is 4.32. The molecule has 4 heteroatoms. The van der Waals surface area contributed by atoms with Crippen molar-refractivity contribution in [3.63, 3.8) is 0 Å². The van der Waals surface area contributed by atoms with Crippen LogP contribution in [0.5, 0.6) is 0 Å². The zero-order chi connectivity index (χ0) is 13.2. The molecule has 0 saturated carbocycles. The van der Waals surface area contributed by atoms with E-state index in [2.05, 4.69) is 46.5 Å². The molecular weight excluding hydrogens is 236 g/mol. The molecule has 19 heavy (non-hydrogen) atoms. The van der Waals surface area contributed by atoms with Crippen LogP contribution in [0.3, 0.4) is 0 Å². The van der Waals surface area contributed by atoms with E-state index in [0.717, 1.165) is 23.4 Å². The second-order valence-electron chi connectivity index (χ2n) is 4.73. The Kier molecular flexibility index (Phi) is 2.91. The molecule has 0 fully saturated rings. The van der Waals surface area contributed by atoms with E-state index in [1.807, 2.05) is 23.9 Å². The number of nitrogens with zero attached hydrogens (tertiary/aromatic N) is 3. The lowest BCUT2D eigenvalue weighted by atomic mass is 10.1. The fourth-order valence-electron chi connectivity index (χ4n) is 2.11. The molecule has 0 atom stereocenters. The average molecular weight is 252 g/mol. The first kappa shape index (κ1) is 11.7. The van der Waals surface area contributed by atoms with Crippen LogP contribution in [0.15, 0.2) is 42.9 Å². The van der Waals surface area contributed by atoms with E-state index >= 15 is 0 Å². The van der Waals surface area contributed by atoms with Gasteiger partial charge in [-0.2, -0.15) is 0 Å². The number of aromatic nitrogens is 3. The number of fused-ring (bicyclic) bond motifs is 1. The summed E-state index contributed by atoms with van der Waals surface area (Å²) in [5.74, 6) is 0.881. The first-order chi connectivity index (χ1) is 9.24. The molecule has 96 valence electrons. The van der Waals surface area contributed by atoms with Crippen LogP contribution in [0.2, 0.25) is 0 Å². The van der Waals surface area contributed by atoms with Crippen molar-refractivity contribution >= 4 is 16.9 Å². The zero-order valence-corrected chi connectivity index (χ0v) is 11.1. The molecule has 1 aromatic carbocycles. The number of aryl methyl sites for hydroxylation is 2. The third kappa shape index (κ3) is 2.29. The third-order valence-corrected chi connectivity index (χ3v) is 3.24. The van der Waals surface area contributed by atoms with Gasteiger partial charge in [0.25, 0.3) is 0 Å². The Morgan fingerprint density at radius 2 is 1.89 bits per heavy atom. The zero-order valence-electron chi connectivity index (χ0n) is 11.1. The van der Waals surface area contributed by atoms with Crippen LogP contribution in [0, 0.1) is 6.92 Å². The molecule has 0 radical (unpaired) electrons. The first-order valence-electron chi connectivity index (χ1n) is 6.29. The first-order valence-corrected chi connectivity index (χ1v) is 6.29. The second kappa shape index (κ2) is 4.72. The number of benzene rings is 1. The monoisotopic (exact) mass is 252 g/mol. The molecule has 0 bridgehead atoms. The van der Waals surface area contributed by atoms with E-state index in [1.165, 1.54) is 11.1 Å². The van der Waals surface area contributed by atoms with Crippen molar-refractivity contribution in [3.05, 3.63) is 54.0 Å². The summed E-state index contributed by atoms with van der Waals surface area (Å²) in [5.41, 5.74) is 3.46. The van der Waals surface area contributed by atoms with Gasteiger partial charge >= 0.3 is 0 Å². The lowest BCUT2D eigenvalue weighted by Gasteiger charge is -2.07. The summed E-state index contributed by atoms with van der Waals surface area (Å²) in [6.45, 7) is 2.86. The fraction of sp³-hybridized carbons (Fsp3) is 0.200. The minimum atomic E-state index is 0.765. The molecular formula is C15H16N4. The van der Waals surface area contributed by atoms with Crippen LogP contribution in [-0.4, -0.2) is 14.5 Å². The highest BCUT2D eigenvalue weighted by Gasteiger charge is 2.05. The van der Waals surface area contributed by atoms with E-state index in [-0.39, 0.29) is 0 Å². The van der Waals surface area contributed by atoms with Crippen molar-refractivity contribution in [3.8, 4) is 0 Å². The van der Waals surface area contributed by atoms with Crippen molar-refractivity contribution < 1.29 is 0 Å². The highest BCUT2D eigenvalue weighted by Crippen LogP contribution is 2.19. The van der Waals surface area contributed by atoms with Crippen LogP contribution >= 0.6 is 0 Å². The summed E-state index contributed by atoms with van der Waals surface area (Å²) in [5, 5.41) is 4.43. The Bertz CT molecular complexity index is 698. The van der Waals surface area contributed by atoms with Gasteiger partial charge in [0.05, 0.1) is 5.39 Å². The number of anilines is 1. The Labute approximate surface area is 112 Å². The molecule has 0 aliphatic heterocycles. The Hall–Kier alpha value is -2.36. The summed E-state index contributed by atoms with van der Waals surface area (Å²) in [6.07, 6.45) is 3.59. The lowest BCUT2D eigenvalue weighted by Crippen LogP contribution is -2.02. The van der Waals surface area contributed by atoms with Gasteiger partial charge in [0.15, 0.2) is 0 Å². The SMILES string of the molecule is Cc1ccc(CNc2ncnc3c2ccn3C)cc1. The van der Waals surface area contributed by atoms with Gasteiger partial charge < -0.3 is 9.88 Å². The predicted octanol–water partition coefficient (Wildman–Crippen LogP) is 2.89. The highest BCUT2D eigenvalue weighted by atomic mass is 15.1. The Morgan fingerprint density at radius 3 is 2.68 bits per heavy atom. The third-order valence-electron chi connectivity index (χ3n) is 3.24. The molecule has 0 unspecified atom stereocenters. The normalized spacial score (nSPS) is 10.8. The molecule has 3 aromatic rings. The average Bonchev–Trinajstić information content (AvgIpc) is 2.81. The molecule has 0 amide bonds.